The Bertz CT molecular complexity index is 568. The summed E-state index contributed by atoms with van der Waals surface area (Å²) >= 11 is 0. The van der Waals surface area contributed by atoms with Gasteiger partial charge in [-0.2, -0.15) is 5.26 Å². The standard InChI is InChI=1S/C14H12N2O/c1-10-3-5-13(7-11(10)2)17-14-6-4-12(8-15)16-9-14/h3-7,9H,1-2H3. The predicted octanol–water partition coefficient (Wildman–Crippen LogP) is 3.36. The molecule has 0 fully saturated rings. The quantitative estimate of drug-likeness (QED) is 0.785. The highest BCUT2D eigenvalue weighted by Gasteiger charge is 2.00. The largest absolute Gasteiger partial charge is 0.456 e. The van der Waals surface area contributed by atoms with E-state index >= 15 is 0 Å². The van der Waals surface area contributed by atoms with Gasteiger partial charge in [-0.25, -0.2) is 4.98 Å². The summed E-state index contributed by atoms with van der Waals surface area (Å²) in [5, 5.41) is 8.63. The molecule has 0 aliphatic rings. The van der Waals surface area contributed by atoms with Crippen molar-refractivity contribution < 1.29 is 4.74 Å². The molecule has 2 rings (SSSR count). The Morgan fingerprint density at radius 1 is 1.06 bits per heavy atom. The molecule has 3 nitrogen and oxygen atoms in total. The second kappa shape index (κ2) is 4.67. The van der Waals surface area contributed by atoms with Crippen molar-refractivity contribution in [2.24, 2.45) is 0 Å². The Kier molecular flexibility index (Phi) is 3.06. The van der Waals surface area contributed by atoms with Gasteiger partial charge >= 0.3 is 0 Å². The van der Waals surface area contributed by atoms with Crippen molar-refractivity contribution in [2.45, 2.75) is 13.8 Å². The summed E-state index contributed by atoms with van der Waals surface area (Å²) in [7, 11) is 0. The first-order valence-corrected chi connectivity index (χ1v) is 5.30. The number of ether oxygens (including phenoxy) is 1. The van der Waals surface area contributed by atoms with Crippen LogP contribution in [0, 0.1) is 25.2 Å². The average molecular weight is 224 g/mol. The Morgan fingerprint density at radius 2 is 1.82 bits per heavy atom. The van der Waals surface area contributed by atoms with Crippen molar-refractivity contribution in [2.75, 3.05) is 0 Å². The number of benzene rings is 1. The Hall–Kier alpha value is -2.34. The molecular formula is C14H12N2O. The van der Waals surface area contributed by atoms with Crippen LogP contribution in [0.5, 0.6) is 11.5 Å². The van der Waals surface area contributed by atoms with Gasteiger partial charge in [0.05, 0.1) is 6.20 Å². The maximum absolute atomic E-state index is 8.63. The molecule has 0 saturated heterocycles. The third-order valence-electron chi connectivity index (χ3n) is 2.56. The number of hydrogen-bond donors (Lipinski definition) is 0. The van der Waals surface area contributed by atoms with Gasteiger partial charge in [0.2, 0.25) is 0 Å². The molecule has 1 heterocycles. The maximum Gasteiger partial charge on any atom is 0.145 e. The number of nitrogens with zero attached hydrogens (tertiary/aromatic N) is 2. The lowest BCUT2D eigenvalue weighted by Crippen LogP contribution is -1.88. The van der Waals surface area contributed by atoms with Crippen molar-refractivity contribution >= 4 is 0 Å². The molecule has 17 heavy (non-hydrogen) atoms. The first kappa shape index (κ1) is 11.2. The molecule has 0 spiro atoms. The Morgan fingerprint density at radius 3 is 2.41 bits per heavy atom. The van der Waals surface area contributed by atoms with Crippen LogP contribution in [-0.4, -0.2) is 4.98 Å². The van der Waals surface area contributed by atoms with Crippen LogP contribution in [0.3, 0.4) is 0 Å². The summed E-state index contributed by atoms with van der Waals surface area (Å²) in [4.78, 5) is 3.95. The summed E-state index contributed by atoms with van der Waals surface area (Å²) in [6.45, 7) is 4.10. The molecule has 0 bridgehead atoms. The van der Waals surface area contributed by atoms with Gasteiger partial charge in [0.25, 0.3) is 0 Å². The number of aromatic nitrogens is 1. The molecule has 0 aliphatic heterocycles. The van der Waals surface area contributed by atoms with Gasteiger partial charge in [-0.1, -0.05) is 6.07 Å². The minimum absolute atomic E-state index is 0.387. The first-order valence-electron chi connectivity index (χ1n) is 5.30. The van der Waals surface area contributed by atoms with E-state index in [0.29, 0.717) is 11.4 Å². The molecular weight excluding hydrogens is 212 g/mol. The van der Waals surface area contributed by atoms with Gasteiger partial charge in [-0.05, 0) is 49.2 Å². The summed E-state index contributed by atoms with van der Waals surface area (Å²) < 4.78 is 5.64. The van der Waals surface area contributed by atoms with Gasteiger partial charge in [-0.3, -0.25) is 0 Å². The number of nitriles is 1. The summed E-state index contributed by atoms with van der Waals surface area (Å²) in [6.07, 6.45) is 1.55. The molecule has 84 valence electrons. The number of hydrogen-bond acceptors (Lipinski definition) is 3. The lowest BCUT2D eigenvalue weighted by atomic mass is 10.1. The lowest BCUT2D eigenvalue weighted by molar-refractivity contribution is 0.479. The highest BCUT2D eigenvalue weighted by Crippen LogP contribution is 2.22. The molecule has 0 atom stereocenters. The van der Waals surface area contributed by atoms with Crippen molar-refractivity contribution in [3.05, 3.63) is 53.3 Å². The van der Waals surface area contributed by atoms with Gasteiger partial charge in [0.15, 0.2) is 0 Å². The zero-order valence-electron chi connectivity index (χ0n) is 9.77. The van der Waals surface area contributed by atoms with Crippen LogP contribution in [0.25, 0.3) is 0 Å². The van der Waals surface area contributed by atoms with Crippen molar-refractivity contribution in [3.63, 3.8) is 0 Å². The first-order chi connectivity index (χ1) is 8.19. The SMILES string of the molecule is Cc1ccc(Oc2ccc(C#N)nc2)cc1C. The normalized spacial score (nSPS) is 9.71. The third-order valence-corrected chi connectivity index (χ3v) is 2.56. The van der Waals surface area contributed by atoms with Gasteiger partial charge in [-0.15, -0.1) is 0 Å². The molecule has 0 amide bonds. The van der Waals surface area contributed by atoms with E-state index in [4.69, 9.17) is 10.00 Å². The Balaban J connectivity index is 2.20. The molecule has 0 unspecified atom stereocenters. The van der Waals surface area contributed by atoms with Crippen LogP contribution in [0.4, 0.5) is 0 Å². The minimum Gasteiger partial charge on any atom is -0.456 e. The zero-order chi connectivity index (χ0) is 12.3. The van der Waals surface area contributed by atoms with Crippen molar-refractivity contribution in [1.29, 1.82) is 5.26 Å². The lowest BCUT2D eigenvalue weighted by Gasteiger charge is -2.07. The van der Waals surface area contributed by atoms with Crippen LogP contribution in [0.2, 0.25) is 0 Å². The number of rotatable bonds is 2. The summed E-state index contributed by atoms with van der Waals surface area (Å²) in [5.74, 6) is 1.41. The monoisotopic (exact) mass is 224 g/mol. The fourth-order valence-electron chi connectivity index (χ4n) is 1.42. The van der Waals surface area contributed by atoms with E-state index in [-0.39, 0.29) is 0 Å². The molecule has 0 aliphatic carbocycles. The van der Waals surface area contributed by atoms with E-state index in [1.807, 2.05) is 31.2 Å². The molecule has 0 radical (unpaired) electrons. The number of pyridine rings is 1. The minimum atomic E-state index is 0.387. The predicted molar refractivity (Wildman–Crippen MR) is 64.9 cm³/mol. The smallest absolute Gasteiger partial charge is 0.145 e. The van der Waals surface area contributed by atoms with Crippen molar-refractivity contribution in [1.82, 2.24) is 4.98 Å². The second-order valence-corrected chi connectivity index (χ2v) is 3.84. The van der Waals surface area contributed by atoms with Crippen molar-refractivity contribution in [3.8, 4) is 17.6 Å². The van der Waals surface area contributed by atoms with Crippen LogP contribution < -0.4 is 4.74 Å². The van der Waals surface area contributed by atoms with E-state index < -0.39 is 0 Å². The van der Waals surface area contributed by atoms with E-state index in [1.165, 1.54) is 11.1 Å². The molecule has 0 N–H and O–H groups in total. The highest BCUT2D eigenvalue weighted by atomic mass is 16.5. The van der Waals surface area contributed by atoms with Gasteiger partial charge in [0, 0.05) is 0 Å². The van der Waals surface area contributed by atoms with Crippen LogP contribution >= 0.6 is 0 Å². The molecule has 3 heteroatoms. The molecule has 1 aromatic heterocycles. The second-order valence-electron chi connectivity index (χ2n) is 3.84. The van der Waals surface area contributed by atoms with E-state index in [9.17, 15) is 0 Å². The topological polar surface area (TPSA) is 45.9 Å². The van der Waals surface area contributed by atoms with E-state index in [1.54, 1.807) is 18.3 Å². The van der Waals surface area contributed by atoms with Gasteiger partial charge < -0.3 is 4.74 Å². The van der Waals surface area contributed by atoms with Gasteiger partial charge in [0.1, 0.15) is 23.3 Å². The van der Waals surface area contributed by atoms with Crippen LogP contribution in [0.15, 0.2) is 36.5 Å². The molecule has 1 aromatic carbocycles. The van der Waals surface area contributed by atoms with Crippen LogP contribution in [0.1, 0.15) is 16.8 Å². The average Bonchev–Trinajstić information content (AvgIpc) is 2.35. The van der Waals surface area contributed by atoms with Crippen LogP contribution in [-0.2, 0) is 0 Å². The maximum atomic E-state index is 8.63. The third kappa shape index (κ3) is 2.61. The summed E-state index contributed by atoms with van der Waals surface area (Å²) in [6, 6.07) is 11.3. The highest BCUT2D eigenvalue weighted by molar-refractivity contribution is 5.37. The van der Waals surface area contributed by atoms with E-state index in [0.717, 1.165) is 5.75 Å². The molecule has 0 saturated carbocycles. The van der Waals surface area contributed by atoms with E-state index in [2.05, 4.69) is 11.9 Å². The molecule has 2 aromatic rings. The fourth-order valence-corrected chi connectivity index (χ4v) is 1.42. The Labute approximate surface area is 100 Å². The zero-order valence-corrected chi connectivity index (χ0v) is 9.77. The summed E-state index contributed by atoms with van der Waals surface area (Å²) in [5.41, 5.74) is 2.80. The number of aryl methyl sites for hydroxylation is 2. The fraction of sp³-hybridized carbons (Fsp3) is 0.143.